The number of ether oxygens (including phenoxy) is 1. The van der Waals surface area contributed by atoms with Gasteiger partial charge in [-0.2, -0.15) is 13.2 Å². The standard InChI is InChI=1S/C23H21F3N6O7S2/c1-38-30-13(12-8-41-22(27)28-12)16(33)29-14-18(35)32-15(20(36)39-21(37)23(24,25)26)10(7-40-19(14)32)6-9-4-5-31(17(9)34)11-2-3-11/h6,8,11,14,19H,2-5,7H2,1H3,(H2,27,28)(H,29,33)/b9-6+,30-13-/t14-,19-/m1/s1. The fourth-order valence-electron chi connectivity index (χ4n) is 4.55. The molecule has 0 unspecified atom stereocenters. The van der Waals surface area contributed by atoms with Crippen molar-refractivity contribution in [2.45, 2.75) is 42.9 Å². The van der Waals surface area contributed by atoms with Gasteiger partial charge in [-0.25, -0.2) is 14.6 Å². The number of esters is 2. The Hall–Kier alpha value is -3.93. The van der Waals surface area contributed by atoms with Crippen LogP contribution in [0.4, 0.5) is 18.3 Å². The number of anilines is 1. The number of carbonyl (C=O) groups is 5. The van der Waals surface area contributed by atoms with Gasteiger partial charge in [-0.3, -0.25) is 19.3 Å². The van der Waals surface area contributed by atoms with E-state index in [-0.39, 0.29) is 39.8 Å². The summed E-state index contributed by atoms with van der Waals surface area (Å²) in [5.41, 5.74) is 5.17. The molecule has 3 fully saturated rings. The predicted molar refractivity (Wildman–Crippen MR) is 137 cm³/mol. The highest BCUT2D eigenvalue weighted by Crippen LogP contribution is 2.42. The number of oxime groups is 1. The Morgan fingerprint density at radius 3 is 2.61 bits per heavy atom. The molecule has 1 aromatic heterocycles. The van der Waals surface area contributed by atoms with Gasteiger partial charge < -0.3 is 25.5 Å². The van der Waals surface area contributed by atoms with E-state index in [1.165, 1.54) is 18.6 Å². The van der Waals surface area contributed by atoms with Crippen LogP contribution in [0.15, 0.2) is 33.5 Å². The monoisotopic (exact) mass is 614 g/mol. The van der Waals surface area contributed by atoms with Crippen LogP contribution in [0, 0.1) is 0 Å². The molecule has 2 atom stereocenters. The molecule has 18 heteroatoms. The first-order valence-corrected chi connectivity index (χ1v) is 14.0. The zero-order valence-corrected chi connectivity index (χ0v) is 22.7. The number of thiazole rings is 1. The molecule has 3 N–H and O–H groups in total. The highest BCUT2D eigenvalue weighted by atomic mass is 32.2. The van der Waals surface area contributed by atoms with E-state index < -0.39 is 47.0 Å². The van der Waals surface area contributed by atoms with Gasteiger partial charge in [0.2, 0.25) is 5.91 Å². The fourth-order valence-corrected chi connectivity index (χ4v) is 6.40. The summed E-state index contributed by atoms with van der Waals surface area (Å²) in [4.78, 5) is 74.5. The minimum Gasteiger partial charge on any atom is -0.398 e. The van der Waals surface area contributed by atoms with Gasteiger partial charge in [-0.1, -0.05) is 5.16 Å². The zero-order chi connectivity index (χ0) is 29.6. The molecule has 0 bridgehead atoms. The molecule has 218 valence electrons. The van der Waals surface area contributed by atoms with Crippen LogP contribution in [0.25, 0.3) is 0 Å². The van der Waals surface area contributed by atoms with Crippen molar-refractivity contribution in [3.8, 4) is 0 Å². The van der Waals surface area contributed by atoms with Gasteiger partial charge in [-0.05, 0) is 30.9 Å². The molecular formula is C23H21F3N6O7S2. The number of alkyl halides is 3. The van der Waals surface area contributed by atoms with Gasteiger partial charge in [0.15, 0.2) is 10.8 Å². The molecule has 3 amide bonds. The van der Waals surface area contributed by atoms with Crippen LogP contribution in [0.1, 0.15) is 25.0 Å². The van der Waals surface area contributed by atoms with Crippen LogP contribution in [0.2, 0.25) is 0 Å². The largest absolute Gasteiger partial charge is 0.491 e. The topological polar surface area (TPSA) is 174 Å². The molecular weight excluding hydrogens is 593 g/mol. The number of allylic oxidation sites excluding steroid dienone is 1. The number of thioether (sulfide) groups is 1. The molecule has 2 saturated heterocycles. The SMILES string of the molecule is CO/N=C(\C(=O)N[C@@H]1C(=O)N2C(C(=O)OC(=O)C(F)(F)F)=C(/C=C3\CCN(C4CC4)C3=O)CS[C@H]12)c1csc(N)n1. The average molecular weight is 615 g/mol. The van der Waals surface area contributed by atoms with Crippen molar-refractivity contribution in [1.82, 2.24) is 20.1 Å². The maximum Gasteiger partial charge on any atom is 0.491 e. The second kappa shape index (κ2) is 10.8. The second-order valence-corrected chi connectivity index (χ2v) is 11.2. The van der Waals surface area contributed by atoms with Crippen molar-refractivity contribution in [2.24, 2.45) is 5.16 Å². The van der Waals surface area contributed by atoms with Gasteiger partial charge in [0.1, 0.15) is 29.9 Å². The van der Waals surface area contributed by atoms with E-state index in [4.69, 9.17) is 10.6 Å². The van der Waals surface area contributed by atoms with E-state index in [1.54, 1.807) is 4.90 Å². The summed E-state index contributed by atoms with van der Waals surface area (Å²) in [5.74, 6) is -6.47. The Balaban J connectivity index is 1.41. The third kappa shape index (κ3) is 5.52. The molecule has 5 rings (SSSR count). The molecule has 41 heavy (non-hydrogen) atoms. The summed E-state index contributed by atoms with van der Waals surface area (Å²) in [6, 6.07) is -1.09. The lowest BCUT2D eigenvalue weighted by Gasteiger charge is -2.49. The van der Waals surface area contributed by atoms with Crippen molar-refractivity contribution >= 4 is 63.6 Å². The number of rotatable bonds is 7. The maximum atomic E-state index is 13.2. The van der Waals surface area contributed by atoms with Crippen molar-refractivity contribution < 1.29 is 46.7 Å². The number of nitrogen functional groups attached to an aromatic ring is 1. The van der Waals surface area contributed by atoms with Gasteiger partial charge >= 0.3 is 18.1 Å². The first-order chi connectivity index (χ1) is 19.4. The summed E-state index contributed by atoms with van der Waals surface area (Å²) in [7, 11) is 1.19. The quantitative estimate of drug-likeness (QED) is 0.111. The molecule has 13 nitrogen and oxygen atoms in total. The van der Waals surface area contributed by atoms with E-state index in [2.05, 4.69) is 20.2 Å². The van der Waals surface area contributed by atoms with Crippen LogP contribution in [-0.4, -0.2) is 93.2 Å². The summed E-state index contributed by atoms with van der Waals surface area (Å²) in [6.45, 7) is 0.456. The number of carbonyl (C=O) groups excluding carboxylic acids is 5. The first-order valence-electron chi connectivity index (χ1n) is 12.1. The molecule has 1 aromatic rings. The number of fused-ring (bicyclic) bond motifs is 1. The normalized spacial score (nSPS) is 23.9. The Bertz CT molecular complexity index is 1430. The Kier molecular flexibility index (Phi) is 7.54. The summed E-state index contributed by atoms with van der Waals surface area (Å²) in [6.07, 6.45) is -2.02. The predicted octanol–water partition coefficient (Wildman–Crippen LogP) is 0.683. The lowest BCUT2D eigenvalue weighted by atomic mass is 10.0. The van der Waals surface area contributed by atoms with Crippen molar-refractivity contribution in [2.75, 3.05) is 25.1 Å². The highest BCUT2D eigenvalue weighted by molar-refractivity contribution is 8.00. The van der Waals surface area contributed by atoms with Crippen molar-refractivity contribution in [1.29, 1.82) is 0 Å². The molecule has 1 aliphatic carbocycles. The van der Waals surface area contributed by atoms with Crippen LogP contribution < -0.4 is 11.1 Å². The Morgan fingerprint density at radius 1 is 1.27 bits per heavy atom. The number of amides is 3. The number of aromatic nitrogens is 1. The number of nitrogens with one attached hydrogen (secondary N) is 1. The van der Waals surface area contributed by atoms with Crippen LogP contribution in [0.3, 0.4) is 0 Å². The van der Waals surface area contributed by atoms with Crippen LogP contribution in [0.5, 0.6) is 0 Å². The summed E-state index contributed by atoms with van der Waals surface area (Å²) < 4.78 is 42.6. The number of β-lactam (4-membered cyclic amide) rings is 1. The lowest BCUT2D eigenvalue weighted by Crippen LogP contribution is -2.71. The number of hydrogen-bond donors (Lipinski definition) is 2. The van der Waals surface area contributed by atoms with E-state index >= 15 is 0 Å². The highest BCUT2D eigenvalue weighted by Gasteiger charge is 2.55. The minimum atomic E-state index is -5.46. The lowest BCUT2D eigenvalue weighted by molar-refractivity contribution is -0.201. The second-order valence-electron chi connectivity index (χ2n) is 9.25. The van der Waals surface area contributed by atoms with E-state index in [0.29, 0.717) is 18.5 Å². The first kappa shape index (κ1) is 28.6. The smallest absolute Gasteiger partial charge is 0.398 e. The maximum absolute atomic E-state index is 13.2. The van der Waals surface area contributed by atoms with Crippen LogP contribution >= 0.6 is 23.1 Å². The Labute approximate surface area is 237 Å². The zero-order valence-electron chi connectivity index (χ0n) is 21.1. The third-order valence-electron chi connectivity index (χ3n) is 6.55. The number of nitrogens with two attached hydrogens (primary N) is 1. The fraction of sp³-hybridized carbons (Fsp3) is 0.435. The van der Waals surface area contributed by atoms with Crippen LogP contribution in [-0.2, 0) is 33.5 Å². The minimum absolute atomic E-state index is 0.0344. The average Bonchev–Trinajstić information content (AvgIpc) is 3.57. The molecule has 1 saturated carbocycles. The number of halogens is 3. The van der Waals surface area contributed by atoms with E-state index in [1.807, 2.05) is 0 Å². The van der Waals surface area contributed by atoms with E-state index in [9.17, 15) is 37.1 Å². The van der Waals surface area contributed by atoms with Crippen molar-refractivity contribution in [3.63, 3.8) is 0 Å². The van der Waals surface area contributed by atoms with Gasteiger partial charge in [0, 0.05) is 29.3 Å². The third-order valence-corrected chi connectivity index (χ3v) is 8.53. The molecule has 0 spiro atoms. The molecule has 0 radical (unpaired) electrons. The molecule has 0 aromatic carbocycles. The number of hydrogen-bond acceptors (Lipinski definition) is 12. The summed E-state index contributed by atoms with van der Waals surface area (Å²) >= 11 is 2.13. The summed E-state index contributed by atoms with van der Waals surface area (Å²) in [5, 5.41) is 6.75. The Morgan fingerprint density at radius 2 is 2.00 bits per heavy atom. The van der Waals surface area contributed by atoms with Gasteiger partial charge in [-0.15, -0.1) is 23.1 Å². The molecule has 4 heterocycles. The van der Waals surface area contributed by atoms with Gasteiger partial charge in [0.25, 0.3) is 11.8 Å². The molecule has 3 aliphatic heterocycles. The van der Waals surface area contributed by atoms with Gasteiger partial charge in [0.05, 0.1) is 0 Å². The molecule has 4 aliphatic rings. The number of likely N-dealkylation sites (tertiary alicyclic amines) is 1. The van der Waals surface area contributed by atoms with E-state index in [0.717, 1.165) is 40.8 Å². The van der Waals surface area contributed by atoms with Crippen molar-refractivity contribution in [3.05, 3.63) is 34.0 Å². The number of nitrogens with zero attached hydrogens (tertiary/aromatic N) is 4.